The Morgan fingerprint density at radius 2 is 1.65 bits per heavy atom. The van der Waals surface area contributed by atoms with Gasteiger partial charge in [0.25, 0.3) is 5.56 Å². The average molecular weight is 377 g/mol. The van der Waals surface area contributed by atoms with Crippen LogP contribution in [0.5, 0.6) is 0 Å². The maximum absolute atomic E-state index is 13.3. The van der Waals surface area contributed by atoms with Crippen LogP contribution in [-0.4, -0.2) is 9.68 Å². The number of hydrogen-bond acceptors (Lipinski definition) is 2. The number of aryl methyl sites for hydroxylation is 1. The number of hydrogen-bond donors (Lipinski definition) is 2. The number of alkyl halides is 3. The van der Waals surface area contributed by atoms with Crippen LogP contribution in [0.25, 0.3) is 10.9 Å². The van der Waals surface area contributed by atoms with Crippen LogP contribution in [0, 0.1) is 0 Å². The molecule has 3 aromatic rings. The first-order valence-electron chi connectivity index (χ1n) is 7.60. The highest BCUT2D eigenvalue weighted by atomic mass is 32.1. The number of rotatable bonds is 2. The van der Waals surface area contributed by atoms with Gasteiger partial charge in [0.05, 0.1) is 11.1 Å². The highest BCUT2D eigenvalue weighted by molar-refractivity contribution is 7.80. The molecule has 0 fully saturated rings. The number of aromatic nitrogens is 1. The number of para-hydroxylation sites is 1. The molecule has 0 aliphatic rings. The summed E-state index contributed by atoms with van der Waals surface area (Å²) < 4.78 is 41.1. The maximum atomic E-state index is 13.3. The van der Waals surface area contributed by atoms with Gasteiger partial charge in [0.2, 0.25) is 0 Å². The molecule has 2 aromatic carbocycles. The van der Waals surface area contributed by atoms with Gasteiger partial charge < -0.3 is 15.2 Å². The first-order valence-corrected chi connectivity index (χ1v) is 8.00. The molecule has 0 atom stereocenters. The third kappa shape index (κ3) is 3.70. The van der Waals surface area contributed by atoms with E-state index in [9.17, 15) is 18.0 Å². The van der Waals surface area contributed by atoms with Crippen LogP contribution in [0.2, 0.25) is 0 Å². The quantitative estimate of drug-likeness (QED) is 0.651. The fourth-order valence-corrected chi connectivity index (χ4v) is 2.82. The number of nitrogens with one attached hydrogen (secondary N) is 2. The van der Waals surface area contributed by atoms with E-state index in [4.69, 9.17) is 12.2 Å². The second-order valence-corrected chi connectivity index (χ2v) is 6.04. The van der Waals surface area contributed by atoms with Crippen LogP contribution in [0.15, 0.2) is 59.4 Å². The fraction of sp³-hybridized carbons (Fsp3) is 0.111. The second kappa shape index (κ2) is 6.80. The van der Waals surface area contributed by atoms with Gasteiger partial charge in [-0.15, -0.1) is 0 Å². The summed E-state index contributed by atoms with van der Waals surface area (Å²) in [5, 5.41) is 5.98. The fourth-order valence-electron chi connectivity index (χ4n) is 2.59. The first kappa shape index (κ1) is 17.9. The molecule has 2 N–H and O–H groups in total. The van der Waals surface area contributed by atoms with Crippen molar-refractivity contribution in [2.24, 2.45) is 7.05 Å². The molecule has 8 heteroatoms. The molecule has 1 heterocycles. The van der Waals surface area contributed by atoms with Gasteiger partial charge in [-0.05, 0) is 42.5 Å². The smallest absolute Gasteiger partial charge is 0.332 e. The van der Waals surface area contributed by atoms with Crippen molar-refractivity contribution in [2.45, 2.75) is 6.18 Å². The number of thiocarbonyl (C=S) groups is 1. The van der Waals surface area contributed by atoms with Crippen molar-refractivity contribution < 1.29 is 13.2 Å². The lowest BCUT2D eigenvalue weighted by Gasteiger charge is -2.15. The van der Waals surface area contributed by atoms with Crippen molar-refractivity contribution in [2.75, 3.05) is 10.6 Å². The van der Waals surface area contributed by atoms with E-state index in [-0.39, 0.29) is 16.0 Å². The number of anilines is 2. The molecule has 0 radical (unpaired) electrons. The Morgan fingerprint density at radius 1 is 1.00 bits per heavy atom. The normalized spacial score (nSPS) is 11.4. The third-order valence-electron chi connectivity index (χ3n) is 3.84. The lowest BCUT2D eigenvalue weighted by molar-refractivity contribution is -0.136. The van der Waals surface area contributed by atoms with E-state index in [2.05, 4.69) is 10.6 Å². The lowest BCUT2D eigenvalue weighted by atomic mass is 10.1. The van der Waals surface area contributed by atoms with E-state index in [0.717, 1.165) is 5.69 Å². The average Bonchev–Trinajstić information content (AvgIpc) is 2.58. The van der Waals surface area contributed by atoms with Gasteiger partial charge in [0.1, 0.15) is 0 Å². The summed E-state index contributed by atoms with van der Waals surface area (Å²) in [5.74, 6) is 0. The van der Waals surface area contributed by atoms with Crippen molar-refractivity contribution in [1.29, 1.82) is 0 Å². The van der Waals surface area contributed by atoms with Crippen LogP contribution in [0.1, 0.15) is 5.56 Å². The Hall–Kier alpha value is -2.87. The summed E-state index contributed by atoms with van der Waals surface area (Å²) in [7, 11) is 1.43. The van der Waals surface area contributed by atoms with E-state index in [1.54, 1.807) is 6.07 Å². The minimum Gasteiger partial charge on any atom is -0.332 e. The molecule has 0 aliphatic carbocycles. The van der Waals surface area contributed by atoms with Gasteiger partial charge in [0, 0.05) is 29.9 Å². The molecule has 3 rings (SSSR count). The summed E-state index contributed by atoms with van der Waals surface area (Å²) in [6, 6.07) is 14.1. The number of fused-ring (bicyclic) bond motifs is 1. The second-order valence-electron chi connectivity index (χ2n) is 5.63. The molecular formula is C18H14F3N3OS. The zero-order valence-electron chi connectivity index (χ0n) is 13.6. The van der Waals surface area contributed by atoms with Gasteiger partial charge in [0.15, 0.2) is 5.11 Å². The molecule has 1 aromatic heterocycles. The van der Waals surface area contributed by atoms with Crippen molar-refractivity contribution >= 4 is 39.6 Å². The predicted octanol–water partition coefficient (Wildman–Crippen LogP) is 4.37. The predicted molar refractivity (Wildman–Crippen MR) is 100 cm³/mol. The largest absolute Gasteiger partial charge is 0.417 e. The Labute approximate surface area is 152 Å². The Balaban J connectivity index is 1.97. The molecule has 0 aliphatic heterocycles. The molecule has 0 unspecified atom stereocenters. The Bertz CT molecular complexity index is 1030. The van der Waals surface area contributed by atoms with Crippen molar-refractivity contribution in [3.05, 3.63) is 70.5 Å². The standard InChI is InChI=1S/C18H14F3N3OS/c1-24-15-8-7-12(23-17(26)22-11-5-3-2-4-6-11)9-13(15)14(10-16(24)25)18(19,20)21/h2-10H,1H3,(H2,22,23,26). The Morgan fingerprint density at radius 3 is 2.31 bits per heavy atom. The molecule has 134 valence electrons. The van der Waals surface area contributed by atoms with E-state index < -0.39 is 17.3 Å². The van der Waals surface area contributed by atoms with Gasteiger partial charge in [-0.25, -0.2) is 0 Å². The molecule has 26 heavy (non-hydrogen) atoms. The molecule has 0 saturated heterocycles. The van der Waals surface area contributed by atoms with Crippen LogP contribution in [0.4, 0.5) is 24.5 Å². The van der Waals surface area contributed by atoms with Crippen molar-refractivity contribution in [1.82, 2.24) is 4.57 Å². The van der Waals surface area contributed by atoms with Crippen LogP contribution in [-0.2, 0) is 13.2 Å². The van der Waals surface area contributed by atoms with Gasteiger partial charge in [-0.2, -0.15) is 13.2 Å². The lowest BCUT2D eigenvalue weighted by Crippen LogP contribution is -2.21. The van der Waals surface area contributed by atoms with E-state index in [1.165, 1.54) is 23.7 Å². The topological polar surface area (TPSA) is 46.1 Å². The summed E-state index contributed by atoms with van der Waals surface area (Å²) in [4.78, 5) is 11.8. The summed E-state index contributed by atoms with van der Waals surface area (Å²) in [5.41, 5.74) is -0.357. The minimum absolute atomic E-state index is 0.0767. The molecule has 4 nitrogen and oxygen atoms in total. The molecule has 0 spiro atoms. The zero-order valence-corrected chi connectivity index (χ0v) is 14.4. The molecule has 0 amide bonds. The monoisotopic (exact) mass is 377 g/mol. The van der Waals surface area contributed by atoms with Gasteiger partial charge in [-0.1, -0.05) is 18.2 Å². The van der Waals surface area contributed by atoms with Crippen LogP contribution in [0.3, 0.4) is 0 Å². The third-order valence-corrected chi connectivity index (χ3v) is 4.05. The van der Waals surface area contributed by atoms with E-state index >= 15 is 0 Å². The Kier molecular flexibility index (Phi) is 4.69. The highest BCUT2D eigenvalue weighted by Crippen LogP contribution is 2.34. The first-order chi connectivity index (χ1) is 12.3. The SMILES string of the molecule is Cn1c(=O)cc(C(F)(F)F)c2cc(NC(=S)Nc3ccccc3)ccc21. The number of benzene rings is 2. The molecular weight excluding hydrogens is 363 g/mol. The van der Waals surface area contributed by atoms with Crippen LogP contribution < -0.4 is 16.2 Å². The summed E-state index contributed by atoms with van der Waals surface area (Å²) in [6.07, 6.45) is -4.63. The summed E-state index contributed by atoms with van der Waals surface area (Å²) >= 11 is 5.19. The van der Waals surface area contributed by atoms with Crippen molar-refractivity contribution in [3.8, 4) is 0 Å². The summed E-state index contributed by atoms with van der Waals surface area (Å²) in [6.45, 7) is 0. The van der Waals surface area contributed by atoms with E-state index in [0.29, 0.717) is 11.8 Å². The van der Waals surface area contributed by atoms with Gasteiger partial charge in [-0.3, -0.25) is 4.79 Å². The number of pyridine rings is 1. The minimum atomic E-state index is -4.63. The number of halogens is 3. The van der Waals surface area contributed by atoms with E-state index in [1.807, 2.05) is 30.3 Å². The molecule has 0 bridgehead atoms. The zero-order chi connectivity index (χ0) is 18.9. The molecule has 0 saturated carbocycles. The highest BCUT2D eigenvalue weighted by Gasteiger charge is 2.33. The van der Waals surface area contributed by atoms with Gasteiger partial charge >= 0.3 is 6.18 Å². The van der Waals surface area contributed by atoms with Crippen molar-refractivity contribution in [3.63, 3.8) is 0 Å². The van der Waals surface area contributed by atoms with Crippen LogP contribution >= 0.6 is 12.2 Å². The number of nitrogens with zero attached hydrogens (tertiary/aromatic N) is 1. The maximum Gasteiger partial charge on any atom is 0.417 e.